The molecule has 0 amide bonds. The smallest absolute Gasteiger partial charge is 0.229 e. The average Bonchev–Trinajstić information content (AvgIpc) is 2.92. The minimum atomic E-state index is -0.437. The molecule has 1 aromatic heterocycles. The topological polar surface area (TPSA) is 25.8 Å². The van der Waals surface area contributed by atoms with Crippen LogP contribution in [0.4, 0.5) is 4.39 Å². The maximum Gasteiger partial charge on any atom is 0.229 e. The van der Waals surface area contributed by atoms with Crippen molar-refractivity contribution in [1.29, 1.82) is 0 Å². The van der Waals surface area contributed by atoms with Crippen LogP contribution in [0.25, 0.3) is 0 Å². The van der Waals surface area contributed by atoms with Crippen molar-refractivity contribution in [3.8, 4) is 0 Å². The summed E-state index contributed by atoms with van der Waals surface area (Å²) in [5, 5.41) is 0. The Hall–Kier alpha value is 0.0300. The van der Waals surface area contributed by atoms with Crippen molar-refractivity contribution < 1.29 is 4.39 Å². The fraction of sp³-hybridized carbons (Fsp3) is 0.500. The van der Waals surface area contributed by atoms with Crippen LogP contribution in [0.15, 0.2) is 0 Å². The predicted octanol–water partition coefficient (Wildman–Crippen LogP) is 2.84. The zero-order valence-electron chi connectivity index (χ0n) is 6.73. The van der Waals surface area contributed by atoms with Gasteiger partial charge in [-0.15, -0.1) is 11.6 Å². The van der Waals surface area contributed by atoms with E-state index in [1.54, 1.807) is 0 Å². The quantitative estimate of drug-likeness (QED) is 0.477. The van der Waals surface area contributed by atoms with E-state index < -0.39 is 5.95 Å². The van der Waals surface area contributed by atoms with Gasteiger partial charge in [-0.1, -0.05) is 0 Å². The van der Waals surface area contributed by atoms with E-state index in [4.69, 9.17) is 11.6 Å². The number of hydrogen-bond acceptors (Lipinski definition) is 2. The Balaban J connectivity index is 2.46. The molecule has 1 saturated carbocycles. The summed E-state index contributed by atoms with van der Waals surface area (Å²) in [6.45, 7) is 0. The minimum Gasteiger partial charge on any atom is -0.235 e. The van der Waals surface area contributed by atoms with Gasteiger partial charge in [-0.25, -0.2) is 9.97 Å². The van der Waals surface area contributed by atoms with Crippen molar-refractivity contribution in [2.45, 2.75) is 24.6 Å². The summed E-state index contributed by atoms with van der Waals surface area (Å²) in [6, 6.07) is 0. The van der Waals surface area contributed by atoms with E-state index in [1.165, 1.54) is 0 Å². The van der Waals surface area contributed by atoms with Crippen LogP contribution in [-0.4, -0.2) is 9.97 Å². The van der Waals surface area contributed by atoms with Crippen LogP contribution in [0.1, 0.15) is 30.3 Å². The highest BCUT2D eigenvalue weighted by Crippen LogP contribution is 2.41. The highest BCUT2D eigenvalue weighted by Gasteiger charge is 2.29. The Morgan fingerprint density at radius 2 is 2.15 bits per heavy atom. The average molecular weight is 313 g/mol. The summed E-state index contributed by atoms with van der Waals surface area (Å²) in [4.78, 5) is 7.87. The van der Waals surface area contributed by atoms with Gasteiger partial charge in [0.25, 0.3) is 0 Å². The maximum atomic E-state index is 13.2. The van der Waals surface area contributed by atoms with Gasteiger partial charge in [0.05, 0.1) is 15.1 Å². The van der Waals surface area contributed by atoms with Gasteiger partial charge in [0.1, 0.15) is 5.82 Å². The van der Waals surface area contributed by atoms with Crippen molar-refractivity contribution >= 4 is 34.2 Å². The van der Waals surface area contributed by atoms with Crippen LogP contribution in [0.2, 0.25) is 0 Å². The molecule has 0 bridgehead atoms. The standard InChI is InChI=1S/C8H7ClFIN2/c9-3-5-12-7(4-1-2-4)6(11)8(10)13-5/h4H,1-3H2. The number of aromatic nitrogens is 2. The molecule has 2 nitrogen and oxygen atoms in total. The number of rotatable bonds is 2. The highest BCUT2D eigenvalue weighted by atomic mass is 127. The summed E-state index contributed by atoms with van der Waals surface area (Å²) in [7, 11) is 0. The summed E-state index contributed by atoms with van der Waals surface area (Å²) in [6.07, 6.45) is 2.21. The second kappa shape index (κ2) is 3.65. The lowest BCUT2D eigenvalue weighted by Crippen LogP contribution is -2.03. The van der Waals surface area contributed by atoms with Gasteiger partial charge < -0.3 is 0 Å². The summed E-state index contributed by atoms with van der Waals surface area (Å²) in [5.41, 5.74) is 0.837. The van der Waals surface area contributed by atoms with E-state index in [-0.39, 0.29) is 5.88 Å². The summed E-state index contributed by atoms with van der Waals surface area (Å²) in [5.74, 6) is 0.564. The molecule has 5 heteroatoms. The molecule has 70 valence electrons. The Morgan fingerprint density at radius 1 is 1.46 bits per heavy atom. The van der Waals surface area contributed by atoms with Gasteiger partial charge in [0.2, 0.25) is 5.95 Å². The van der Waals surface area contributed by atoms with Gasteiger partial charge in [-0.3, -0.25) is 0 Å². The molecule has 1 aliphatic rings. The predicted molar refractivity (Wildman–Crippen MR) is 56.2 cm³/mol. The van der Waals surface area contributed by atoms with E-state index in [0.717, 1.165) is 18.5 Å². The third-order valence-corrected chi connectivity index (χ3v) is 3.20. The Bertz CT molecular complexity index is 341. The lowest BCUT2D eigenvalue weighted by molar-refractivity contribution is 0.559. The largest absolute Gasteiger partial charge is 0.235 e. The third-order valence-electron chi connectivity index (χ3n) is 1.97. The first-order chi connectivity index (χ1) is 6.22. The lowest BCUT2D eigenvalue weighted by atomic mass is 10.3. The van der Waals surface area contributed by atoms with Crippen molar-refractivity contribution in [1.82, 2.24) is 9.97 Å². The zero-order valence-corrected chi connectivity index (χ0v) is 9.64. The number of nitrogens with zero attached hydrogens (tertiary/aromatic N) is 2. The summed E-state index contributed by atoms with van der Waals surface area (Å²) < 4.78 is 13.7. The number of alkyl halides is 1. The van der Waals surface area contributed by atoms with Crippen molar-refractivity contribution in [3.05, 3.63) is 21.0 Å². The molecule has 0 atom stereocenters. The Kier molecular flexibility index (Phi) is 2.69. The van der Waals surface area contributed by atoms with Gasteiger partial charge in [-0.2, -0.15) is 4.39 Å². The molecular formula is C8H7ClFIN2. The summed E-state index contributed by atoms with van der Waals surface area (Å²) >= 11 is 7.50. The molecule has 0 saturated heterocycles. The molecule has 2 rings (SSSR count). The highest BCUT2D eigenvalue weighted by molar-refractivity contribution is 14.1. The van der Waals surface area contributed by atoms with Crippen LogP contribution in [-0.2, 0) is 5.88 Å². The van der Waals surface area contributed by atoms with Crippen molar-refractivity contribution in [2.75, 3.05) is 0 Å². The molecule has 0 radical (unpaired) electrons. The molecule has 1 heterocycles. The van der Waals surface area contributed by atoms with E-state index in [9.17, 15) is 4.39 Å². The fourth-order valence-corrected chi connectivity index (χ4v) is 1.97. The molecule has 13 heavy (non-hydrogen) atoms. The van der Waals surface area contributed by atoms with E-state index in [2.05, 4.69) is 9.97 Å². The maximum absolute atomic E-state index is 13.2. The number of halogens is 3. The normalized spacial score (nSPS) is 16.2. The van der Waals surface area contributed by atoms with Crippen LogP contribution >= 0.6 is 34.2 Å². The lowest BCUT2D eigenvalue weighted by Gasteiger charge is -2.03. The van der Waals surface area contributed by atoms with E-state index in [0.29, 0.717) is 15.3 Å². The first kappa shape index (κ1) is 9.58. The fourth-order valence-electron chi connectivity index (χ4n) is 1.17. The van der Waals surface area contributed by atoms with Gasteiger partial charge in [0, 0.05) is 5.92 Å². The van der Waals surface area contributed by atoms with Crippen LogP contribution in [0.3, 0.4) is 0 Å². The Labute approximate surface area is 94.1 Å². The van der Waals surface area contributed by atoms with Gasteiger partial charge in [0.15, 0.2) is 0 Å². The van der Waals surface area contributed by atoms with E-state index in [1.807, 2.05) is 22.6 Å². The number of hydrogen-bond donors (Lipinski definition) is 0. The first-order valence-corrected chi connectivity index (χ1v) is 5.61. The van der Waals surface area contributed by atoms with Crippen LogP contribution in [0.5, 0.6) is 0 Å². The molecular weight excluding hydrogens is 305 g/mol. The van der Waals surface area contributed by atoms with Crippen molar-refractivity contribution in [3.63, 3.8) is 0 Å². The van der Waals surface area contributed by atoms with Crippen molar-refractivity contribution in [2.24, 2.45) is 0 Å². The first-order valence-electron chi connectivity index (χ1n) is 4.00. The monoisotopic (exact) mass is 312 g/mol. The van der Waals surface area contributed by atoms with Gasteiger partial charge >= 0.3 is 0 Å². The molecule has 0 aliphatic heterocycles. The Morgan fingerprint density at radius 3 is 2.69 bits per heavy atom. The molecule has 0 N–H and O–H groups in total. The second-order valence-electron chi connectivity index (χ2n) is 3.04. The molecule has 1 aliphatic carbocycles. The van der Waals surface area contributed by atoms with Gasteiger partial charge in [-0.05, 0) is 35.4 Å². The molecule has 0 spiro atoms. The van der Waals surface area contributed by atoms with Crippen LogP contribution < -0.4 is 0 Å². The third kappa shape index (κ3) is 1.93. The van der Waals surface area contributed by atoms with Crippen LogP contribution in [0, 0.1) is 9.52 Å². The molecule has 0 unspecified atom stereocenters. The zero-order chi connectivity index (χ0) is 9.42. The molecule has 0 aromatic carbocycles. The molecule has 1 aromatic rings. The SMILES string of the molecule is Fc1nc(CCl)nc(C2CC2)c1I. The molecule has 1 fully saturated rings. The second-order valence-corrected chi connectivity index (χ2v) is 4.38. The minimum absolute atomic E-state index is 0.174. The van der Waals surface area contributed by atoms with E-state index >= 15 is 0 Å².